The van der Waals surface area contributed by atoms with Crippen LogP contribution in [0.1, 0.15) is 18.4 Å². The molecule has 0 amide bonds. The van der Waals surface area contributed by atoms with Crippen molar-refractivity contribution in [1.29, 1.82) is 0 Å². The van der Waals surface area contributed by atoms with Crippen molar-refractivity contribution in [2.45, 2.75) is 12.8 Å². The van der Waals surface area contributed by atoms with Crippen molar-refractivity contribution in [1.82, 2.24) is 4.90 Å². The van der Waals surface area contributed by atoms with Gasteiger partial charge in [-0.05, 0) is 36.6 Å². The summed E-state index contributed by atoms with van der Waals surface area (Å²) in [7, 11) is 4.06. The highest BCUT2D eigenvalue weighted by molar-refractivity contribution is 6.01. The molecule has 0 saturated carbocycles. The fraction of sp³-hybridized carbons (Fsp3) is 0.438. The number of fused-ring (bicyclic) bond motifs is 3. The lowest BCUT2D eigenvalue weighted by Gasteiger charge is -2.41. The maximum atomic E-state index is 12.2. The summed E-state index contributed by atoms with van der Waals surface area (Å²) in [6.45, 7) is 2.08. The second-order valence-electron chi connectivity index (χ2n) is 5.64. The van der Waals surface area contributed by atoms with Gasteiger partial charge in [-0.25, -0.2) is 0 Å². The van der Waals surface area contributed by atoms with Gasteiger partial charge < -0.3 is 9.80 Å². The zero-order valence-corrected chi connectivity index (χ0v) is 11.6. The second-order valence-corrected chi connectivity index (χ2v) is 5.64. The Morgan fingerprint density at radius 2 is 1.79 bits per heavy atom. The lowest BCUT2D eigenvalue weighted by molar-refractivity contribution is -0.125. The first-order valence-electron chi connectivity index (χ1n) is 6.93. The number of anilines is 1. The largest absolute Gasteiger partial charge is 0.378 e. The minimum Gasteiger partial charge on any atom is -0.378 e. The van der Waals surface area contributed by atoms with Crippen molar-refractivity contribution >= 4 is 17.5 Å². The number of rotatable bonds is 2. The Balaban J connectivity index is 1.86. The number of nitrogens with zero attached hydrogens (tertiary/aromatic N) is 2. The Kier molecular flexibility index (Phi) is 3.05. The molecule has 3 aliphatic heterocycles. The van der Waals surface area contributed by atoms with Crippen molar-refractivity contribution in [3.05, 3.63) is 35.5 Å². The predicted octanol–water partition coefficient (Wildman–Crippen LogP) is 2.39. The number of Topliss-reactive ketones (excluding diaryl/α,β-unsaturated/α-hetero) is 1. The summed E-state index contributed by atoms with van der Waals surface area (Å²) < 4.78 is 0. The zero-order chi connectivity index (χ0) is 13.4. The maximum Gasteiger partial charge on any atom is 0.182 e. The first kappa shape index (κ1) is 12.3. The van der Waals surface area contributed by atoms with E-state index >= 15 is 0 Å². The highest BCUT2D eigenvalue weighted by Crippen LogP contribution is 2.32. The van der Waals surface area contributed by atoms with Crippen LogP contribution < -0.4 is 4.90 Å². The number of allylic oxidation sites excluding steroid dienone is 1. The summed E-state index contributed by atoms with van der Waals surface area (Å²) in [5, 5.41) is 0. The second kappa shape index (κ2) is 4.72. The van der Waals surface area contributed by atoms with Gasteiger partial charge in [0.2, 0.25) is 0 Å². The molecule has 19 heavy (non-hydrogen) atoms. The van der Waals surface area contributed by atoms with Gasteiger partial charge in [-0.1, -0.05) is 12.1 Å². The number of hydrogen-bond acceptors (Lipinski definition) is 3. The molecule has 3 saturated heterocycles. The fourth-order valence-electron chi connectivity index (χ4n) is 2.94. The van der Waals surface area contributed by atoms with Crippen molar-refractivity contribution < 1.29 is 4.79 Å². The van der Waals surface area contributed by atoms with E-state index in [0.29, 0.717) is 5.78 Å². The van der Waals surface area contributed by atoms with Crippen LogP contribution in [0.15, 0.2) is 30.0 Å². The summed E-state index contributed by atoms with van der Waals surface area (Å²) in [5.74, 6) is 0.617. The van der Waals surface area contributed by atoms with E-state index in [2.05, 4.69) is 34.1 Å². The predicted molar refractivity (Wildman–Crippen MR) is 78.1 cm³/mol. The lowest BCUT2D eigenvalue weighted by Crippen LogP contribution is -2.45. The third-order valence-corrected chi connectivity index (χ3v) is 4.17. The molecule has 0 atom stereocenters. The number of benzene rings is 1. The Morgan fingerprint density at radius 3 is 2.32 bits per heavy atom. The number of piperidine rings is 3. The van der Waals surface area contributed by atoms with Gasteiger partial charge in [-0.15, -0.1) is 0 Å². The smallest absolute Gasteiger partial charge is 0.182 e. The van der Waals surface area contributed by atoms with Gasteiger partial charge in [-0.2, -0.15) is 0 Å². The van der Waals surface area contributed by atoms with Crippen LogP contribution >= 0.6 is 0 Å². The highest BCUT2D eigenvalue weighted by Gasteiger charge is 2.36. The van der Waals surface area contributed by atoms with Crippen LogP contribution in [0, 0.1) is 5.92 Å². The quantitative estimate of drug-likeness (QED) is 0.759. The molecule has 4 rings (SSSR count). The highest BCUT2D eigenvalue weighted by atomic mass is 16.1. The van der Waals surface area contributed by atoms with Gasteiger partial charge >= 0.3 is 0 Å². The average Bonchev–Trinajstić information content (AvgIpc) is 2.44. The summed E-state index contributed by atoms with van der Waals surface area (Å²) in [6, 6.07) is 8.35. The molecule has 2 bridgehead atoms. The average molecular weight is 256 g/mol. The Bertz CT molecular complexity index is 508. The zero-order valence-electron chi connectivity index (χ0n) is 11.6. The van der Waals surface area contributed by atoms with E-state index in [4.69, 9.17) is 0 Å². The first-order valence-corrected chi connectivity index (χ1v) is 6.93. The van der Waals surface area contributed by atoms with Crippen LogP contribution in [-0.2, 0) is 4.79 Å². The normalized spacial score (nSPS) is 21.3. The molecule has 0 aliphatic carbocycles. The van der Waals surface area contributed by atoms with Gasteiger partial charge in [0.05, 0.1) is 5.70 Å². The molecule has 0 spiro atoms. The number of hydrogen-bond donors (Lipinski definition) is 0. The van der Waals surface area contributed by atoms with Crippen molar-refractivity contribution in [2.24, 2.45) is 5.92 Å². The van der Waals surface area contributed by atoms with Crippen molar-refractivity contribution in [3.63, 3.8) is 0 Å². The molecule has 3 heterocycles. The molecular weight excluding hydrogens is 236 g/mol. The van der Waals surface area contributed by atoms with Gasteiger partial charge in [0.25, 0.3) is 0 Å². The van der Waals surface area contributed by atoms with Crippen molar-refractivity contribution in [3.8, 4) is 0 Å². The summed E-state index contributed by atoms with van der Waals surface area (Å²) in [5.41, 5.74) is 3.21. The summed E-state index contributed by atoms with van der Waals surface area (Å²) in [6.07, 6.45) is 4.12. The molecule has 3 heteroatoms. The monoisotopic (exact) mass is 256 g/mol. The fourth-order valence-corrected chi connectivity index (χ4v) is 2.94. The van der Waals surface area contributed by atoms with Crippen molar-refractivity contribution in [2.75, 3.05) is 32.1 Å². The standard InChI is InChI=1S/C16H20N2O/c1-17(2)14-5-3-12(4-6-14)11-15-16(19)13-7-9-18(15)10-8-13/h3-6,11,13H,7-10H2,1-2H3. The van der Waals surface area contributed by atoms with E-state index in [1.807, 2.05) is 20.2 Å². The Labute approximate surface area is 114 Å². The lowest BCUT2D eigenvalue weighted by atomic mass is 9.84. The number of carbonyl (C=O) groups excluding carboxylic acids is 1. The molecular formula is C16H20N2O. The van der Waals surface area contributed by atoms with E-state index in [9.17, 15) is 4.79 Å². The van der Waals surface area contributed by atoms with Gasteiger partial charge in [0.15, 0.2) is 5.78 Å². The molecule has 0 N–H and O–H groups in total. The Hall–Kier alpha value is -1.77. The van der Waals surface area contributed by atoms with Crippen LogP contribution in [0.5, 0.6) is 0 Å². The maximum absolute atomic E-state index is 12.2. The van der Waals surface area contributed by atoms with Crippen LogP contribution in [0.3, 0.4) is 0 Å². The van der Waals surface area contributed by atoms with E-state index in [-0.39, 0.29) is 5.92 Å². The third kappa shape index (κ3) is 2.25. The molecule has 0 unspecified atom stereocenters. The number of ketones is 1. The van der Waals surface area contributed by atoms with E-state index < -0.39 is 0 Å². The van der Waals surface area contributed by atoms with Crippen LogP contribution in [0.4, 0.5) is 5.69 Å². The molecule has 3 nitrogen and oxygen atoms in total. The molecule has 0 radical (unpaired) electrons. The molecule has 100 valence electrons. The minimum atomic E-state index is 0.275. The van der Waals surface area contributed by atoms with E-state index in [1.165, 1.54) is 5.69 Å². The van der Waals surface area contributed by atoms with Crippen LogP contribution in [-0.4, -0.2) is 37.9 Å². The van der Waals surface area contributed by atoms with Crippen LogP contribution in [0.25, 0.3) is 6.08 Å². The van der Waals surface area contributed by atoms with E-state index in [0.717, 1.165) is 37.2 Å². The molecule has 0 aromatic heterocycles. The molecule has 3 fully saturated rings. The number of carbonyl (C=O) groups is 1. The summed E-state index contributed by atoms with van der Waals surface area (Å²) >= 11 is 0. The molecule has 1 aromatic carbocycles. The minimum absolute atomic E-state index is 0.275. The first-order chi connectivity index (χ1) is 9.15. The Morgan fingerprint density at radius 1 is 1.16 bits per heavy atom. The van der Waals surface area contributed by atoms with E-state index in [1.54, 1.807) is 0 Å². The van der Waals surface area contributed by atoms with Gasteiger partial charge in [-0.3, -0.25) is 4.79 Å². The SMILES string of the molecule is CN(C)c1ccc(C=C2C(=O)C3CCN2CC3)cc1. The summed E-state index contributed by atoms with van der Waals surface area (Å²) in [4.78, 5) is 16.6. The van der Waals surface area contributed by atoms with Gasteiger partial charge in [0.1, 0.15) is 0 Å². The third-order valence-electron chi connectivity index (χ3n) is 4.17. The topological polar surface area (TPSA) is 23.6 Å². The molecule has 1 aromatic rings. The van der Waals surface area contributed by atoms with Crippen LogP contribution in [0.2, 0.25) is 0 Å². The molecule has 3 aliphatic rings. The van der Waals surface area contributed by atoms with Gasteiger partial charge in [0, 0.05) is 38.8 Å².